The molecule has 134 valence electrons. The topological polar surface area (TPSA) is 52.7 Å². The molecule has 4 rings (SSSR count). The van der Waals surface area contributed by atoms with Crippen molar-refractivity contribution >= 4 is 6.03 Å². The molecule has 0 saturated heterocycles. The molecule has 0 spiro atoms. The van der Waals surface area contributed by atoms with Gasteiger partial charge in [-0.2, -0.15) is 19.6 Å². The molecule has 0 amide bonds. The van der Waals surface area contributed by atoms with Crippen molar-refractivity contribution in [2.24, 2.45) is 0 Å². The number of carbonyl (C=O) groups excluding carboxylic acids is 1. The van der Waals surface area contributed by atoms with Crippen LogP contribution in [-0.2, 0) is 12.8 Å². The van der Waals surface area contributed by atoms with Crippen LogP contribution in [0.1, 0.15) is 23.7 Å². The van der Waals surface area contributed by atoms with E-state index in [4.69, 9.17) is 0 Å². The number of aromatic nitrogens is 4. The lowest BCUT2D eigenvalue weighted by Crippen LogP contribution is -2.22. The standard InChI is InChI=1S/C22H20N4O/c1-2-20-19(16-17-10-5-3-6-11-17)21(18-12-7-4-8-13-18)26(24-20)22(27)25-15-9-14-23-25/h3-15H,2,16H2,1H3. The van der Waals surface area contributed by atoms with Gasteiger partial charge in [-0.25, -0.2) is 4.79 Å². The molecule has 4 aromatic rings. The Labute approximate surface area is 157 Å². The van der Waals surface area contributed by atoms with Crippen LogP contribution in [0.15, 0.2) is 79.1 Å². The summed E-state index contributed by atoms with van der Waals surface area (Å²) in [4.78, 5) is 13.0. The van der Waals surface area contributed by atoms with Crippen LogP contribution in [0.25, 0.3) is 11.3 Å². The van der Waals surface area contributed by atoms with E-state index in [0.29, 0.717) is 0 Å². The summed E-state index contributed by atoms with van der Waals surface area (Å²) >= 11 is 0. The molecule has 5 nitrogen and oxygen atoms in total. The van der Waals surface area contributed by atoms with E-state index >= 15 is 0 Å². The molecule has 0 aliphatic carbocycles. The summed E-state index contributed by atoms with van der Waals surface area (Å²) in [7, 11) is 0. The van der Waals surface area contributed by atoms with Crippen LogP contribution in [0.5, 0.6) is 0 Å². The largest absolute Gasteiger partial charge is 0.369 e. The third-order valence-corrected chi connectivity index (χ3v) is 4.55. The molecule has 0 bridgehead atoms. The Kier molecular flexibility index (Phi) is 4.66. The zero-order chi connectivity index (χ0) is 18.6. The molecule has 0 saturated carbocycles. The summed E-state index contributed by atoms with van der Waals surface area (Å²) in [5, 5.41) is 8.75. The molecule has 0 N–H and O–H groups in total. The summed E-state index contributed by atoms with van der Waals surface area (Å²) in [5.74, 6) is 0. The average molecular weight is 356 g/mol. The lowest BCUT2D eigenvalue weighted by Gasteiger charge is -2.09. The monoisotopic (exact) mass is 356 g/mol. The minimum atomic E-state index is -0.284. The Bertz CT molecular complexity index is 1030. The highest BCUT2D eigenvalue weighted by molar-refractivity contribution is 5.84. The van der Waals surface area contributed by atoms with Crippen molar-refractivity contribution in [2.45, 2.75) is 19.8 Å². The highest BCUT2D eigenvalue weighted by atomic mass is 16.2. The Balaban J connectivity index is 1.90. The maximum absolute atomic E-state index is 13.0. The average Bonchev–Trinajstić information content (AvgIpc) is 3.37. The van der Waals surface area contributed by atoms with Gasteiger partial charge in [0.15, 0.2) is 0 Å². The van der Waals surface area contributed by atoms with E-state index in [-0.39, 0.29) is 6.03 Å². The van der Waals surface area contributed by atoms with Crippen LogP contribution in [0.3, 0.4) is 0 Å². The predicted octanol–water partition coefficient (Wildman–Crippen LogP) is 4.42. The van der Waals surface area contributed by atoms with Gasteiger partial charge in [0.25, 0.3) is 0 Å². The number of hydrogen-bond donors (Lipinski definition) is 0. The first-order chi connectivity index (χ1) is 13.3. The molecule has 0 aliphatic rings. The van der Waals surface area contributed by atoms with Crippen LogP contribution in [-0.4, -0.2) is 25.6 Å². The van der Waals surface area contributed by atoms with Gasteiger partial charge in [0.1, 0.15) is 0 Å². The summed E-state index contributed by atoms with van der Waals surface area (Å²) in [6, 6.07) is 21.7. The highest BCUT2D eigenvalue weighted by Gasteiger charge is 2.23. The highest BCUT2D eigenvalue weighted by Crippen LogP contribution is 2.29. The molecule has 2 heterocycles. The first kappa shape index (κ1) is 17.0. The second-order valence-electron chi connectivity index (χ2n) is 6.30. The molecule has 0 atom stereocenters. The second-order valence-corrected chi connectivity index (χ2v) is 6.30. The number of rotatable bonds is 4. The molecule has 0 fully saturated rings. The van der Waals surface area contributed by atoms with Gasteiger partial charge in [0.2, 0.25) is 0 Å². The summed E-state index contributed by atoms with van der Waals surface area (Å²) in [6.07, 6.45) is 4.71. The zero-order valence-corrected chi connectivity index (χ0v) is 15.1. The van der Waals surface area contributed by atoms with Gasteiger partial charge in [0.05, 0.1) is 11.4 Å². The van der Waals surface area contributed by atoms with E-state index in [1.54, 1.807) is 18.5 Å². The van der Waals surface area contributed by atoms with Crippen LogP contribution < -0.4 is 0 Å². The third-order valence-electron chi connectivity index (χ3n) is 4.55. The van der Waals surface area contributed by atoms with Gasteiger partial charge in [-0.15, -0.1) is 0 Å². The molecule has 0 unspecified atom stereocenters. The number of carbonyl (C=O) groups is 1. The van der Waals surface area contributed by atoms with Crippen molar-refractivity contribution in [3.05, 3.63) is 95.9 Å². The minimum Gasteiger partial charge on any atom is -0.244 e. The lowest BCUT2D eigenvalue weighted by molar-refractivity contribution is 0.238. The van der Waals surface area contributed by atoms with Crippen LogP contribution >= 0.6 is 0 Å². The van der Waals surface area contributed by atoms with Crippen molar-refractivity contribution in [1.82, 2.24) is 19.6 Å². The maximum Gasteiger partial charge on any atom is 0.369 e. The van der Waals surface area contributed by atoms with Gasteiger partial charge < -0.3 is 0 Å². The Hall–Kier alpha value is -3.47. The van der Waals surface area contributed by atoms with Crippen molar-refractivity contribution in [3.8, 4) is 11.3 Å². The maximum atomic E-state index is 13.0. The number of nitrogens with zero attached hydrogens (tertiary/aromatic N) is 4. The van der Waals surface area contributed by atoms with Gasteiger partial charge in [0, 0.05) is 29.9 Å². The minimum absolute atomic E-state index is 0.284. The van der Waals surface area contributed by atoms with Crippen LogP contribution in [0.2, 0.25) is 0 Å². The number of hydrogen-bond acceptors (Lipinski definition) is 3. The third kappa shape index (κ3) is 3.31. The first-order valence-electron chi connectivity index (χ1n) is 9.02. The summed E-state index contributed by atoms with van der Waals surface area (Å²) in [6.45, 7) is 2.06. The Morgan fingerprint density at radius 2 is 1.67 bits per heavy atom. The fourth-order valence-electron chi connectivity index (χ4n) is 3.28. The second kappa shape index (κ2) is 7.41. The van der Waals surface area contributed by atoms with Crippen molar-refractivity contribution in [3.63, 3.8) is 0 Å². The zero-order valence-electron chi connectivity index (χ0n) is 15.1. The summed E-state index contributed by atoms with van der Waals surface area (Å²) in [5.41, 5.74) is 5.00. The van der Waals surface area contributed by atoms with E-state index in [1.165, 1.54) is 14.9 Å². The van der Waals surface area contributed by atoms with E-state index < -0.39 is 0 Å². The van der Waals surface area contributed by atoms with Crippen molar-refractivity contribution < 1.29 is 4.79 Å². The molecule has 2 aromatic heterocycles. The van der Waals surface area contributed by atoms with Crippen molar-refractivity contribution in [1.29, 1.82) is 0 Å². The van der Waals surface area contributed by atoms with Gasteiger partial charge in [-0.05, 0) is 18.1 Å². The Morgan fingerprint density at radius 1 is 0.963 bits per heavy atom. The van der Waals surface area contributed by atoms with Crippen molar-refractivity contribution in [2.75, 3.05) is 0 Å². The number of aryl methyl sites for hydroxylation is 1. The van der Waals surface area contributed by atoms with Gasteiger partial charge >= 0.3 is 6.03 Å². The molecule has 0 aliphatic heterocycles. The molecular weight excluding hydrogens is 336 g/mol. The molecule has 27 heavy (non-hydrogen) atoms. The summed E-state index contributed by atoms with van der Waals surface area (Å²) < 4.78 is 2.80. The Morgan fingerprint density at radius 3 is 2.30 bits per heavy atom. The van der Waals surface area contributed by atoms with E-state index in [9.17, 15) is 4.79 Å². The lowest BCUT2D eigenvalue weighted by atomic mass is 9.98. The molecule has 0 radical (unpaired) electrons. The molecular formula is C22H20N4O. The SMILES string of the molecule is CCc1nn(C(=O)n2cccn2)c(-c2ccccc2)c1Cc1ccccc1. The smallest absolute Gasteiger partial charge is 0.244 e. The fraction of sp³-hybridized carbons (Fsp3) is 0.136. The van der Waals surface area contributed by atoms with Gasteiger partial charge in [-0.3, -0.25) is 0 Å². The van der Waals surface area contributed by atoms with Gasteiger partial charge in [-0.1, -0.05) is 67.6 Å². The molecule has 5 heteroatoms. The van der Waals surface area contributed by atoms with Crippen LogP contribution in [0, 0.1) is 0 Å². The predicted molar refractivity (Wildman–Crippen MR) is 105 cm³/mol. The van der Waals surface area contributed by atoms with E-state index in [1.807, 2.05) is 48.5 Å². The quantitative estimate of drug-likeness (QED) is 0.544. The normalized spacial score (nSPS) is 10.9. The van der Waals surface area contributed by atoms with E-state index in [0.717, 1.165) is 35.4 Å². The van der Waals surface area contributed by atoms with E-state index in [2.05, 4.69) is 29.3 Å². The number of benzene rings is 2. The van der Waals surface area contributed by atoms with Crippen LogP contribution in [0.4, 0.5) is 4.79 Å². The first-order valence-corrected chi connectivity index (χ1v) is 9.02. The fourth-order valence-corrected chi connectivity index (χ4v) is 3.28. The molecule has 2 aromatic carbocycles.